The number of hydrogen-bond donors (Lipinski definition) is 1. The third-order valence-corrected chi connectivity index (χ3v) is 5.31. The molecule has 0 aromatic heterocycles. The van der Waals surface area contributed by atoms with Crippen LogP contribution in [0.15, 0.2) is 30.3 Å². The fraction of sp³-hybridized carbons (Fsp3) is 0.667. The molecule has 4 atom stereocenters. The van der Waals surface area contributed by atoms with Crippen LogP contribution in [-0.2, 0) is 0 Å². The molecule has 1 aromatic carbocycles. The first-order chi connectivity index (χ1) is 10.1. The minimum Gasteiger partial charge on any atom is -0.307 e. The highest BCUT2D eigenvalue weighted by molar-refractivity contribution is 5.20. The van der Waals surface area contributed by atoms with Crippen molar-refractivity contribution in [2.24, 2.45) is 5.92 Å². The number of rotatable bonds is 2. The highest BCUT2D eigenvalue weighted by Gasteiger charge is 2.35. The van der Waals surface area contributed by atoms with Crippen LogP contribution in [0.1, 0.15) is 31.9 Å². The molecule has 0 saturated carbocycles. The van der Waals surface area contributed by atoms with Gasteiger partial charge in [0.25, 0.3) is 0 Å². The van der Waals surface area contributed by atoms with Gasteiger partial charge in [0.05, 0.1) is 0 Å². The summed E-state index contributed by atoms with van der Waals surface area (Å²) in [5, 5.41) is 3.73. The fourth-order valence-electron chi connectivity index (χ4n) is 4.09. The minimum absolute atomic E-state index is 0.481. The molecule has 0 amide bonds. The van der Waals surface area contributed by atoms with Gasteiger partial charge in [-0.05, 0) is 38.4 Å². The zero-order valence-corrected chi connectivity index (χ0v) is 13.6. The molecule has 0 spiro atoms. The average molecular weight is 287 g/mol. The van der Waals surface area contributed by atoms with E-state index in [1.54, 1.807) is 0 Å². The van der Waals surface area contributed by atoms with Gasteiger partial charge in [-0.1, -0.05) is 37.3 Å². The van der Waals surface area contributed by atoms with Crippen molar-refractivity contribution < 1.29 is 0 Å². The summed E-state index contributed by atoms with van der Waals surface area (Å²) in [6, 6.07) is 12.8. The molecular weight excluding hydrogens is 258 g/mol. The zero-order valence-electron chi connectivity index (χ0n) is 13.6. The van der Waals surface area contributed by atoms with E-state index < -0.39 is 0 Å². The largest absolute Gasteiger partial charge is 0.307 e. The highest BCUT2D eigenvalue weighted by atomic mass is 15.3. The molecule has 2 fully saturated rings. The quantitative estimate of drug-likeness (QED) is 0.901. The van der Waals surface area contributed by atoms with Gasteiger partial charge < -0.3 is 10.2 Å². The molecule has 3 rings (SSSR count). The van der Waals surface area contributed by atoms with Gasteiger partial charge in [0.1, 0.15) is 0 Å². The van der Waals surface area contributed by atoms with E-state index in [9.17, 15) is 0 Å². The number of likely N-dealkylation sites (tertiary alicyclic amines) is 1. The van der Waals surface area contributed by atoms with Crippen LogP contribution in [0.25, 0.3) is 0 Å². The maximum Gasteiger partial charge on any atom is 0.0450 e. The zero-order chi connectivity index (χ0) is 14.8. The number of nitrogens with one attached hydrogen (secondary N) is 1. The van der Waals surface area contributed by atoms with Crippen LogP contribution in [0, 0.1) is 5.92 Å². The molecule has 3 nitrogen and oxygen atoms in total. The Bertz CT molecular complexity index is 447. The molecule has 2 aliphatic heterocycles. The Balaban J connectivity index is 1.72. The monoisotopic (exact) mass is 287 g/mol. The second-order valence-corrected chi connectivity index (χ2v) is 7.01. The Morgan fingerprint density at radius 3 is 2.57 bits per heavy atom. The summed E-state index contributed by atoms with van der Waals surface area (Å²) in [6.07, 6.45) is 1.31. The Kier molecular flexibility index (Phi) is 4.63. The van der Waals surface area contributed by atoms with Crippen LogP contribution in [0.3, 0.4) is 0 Å². The number of piperidine rings is 1. The second kappa shape index (κ2) is 6.47. The summed E-state index contributed by atoms with van der Waals surface area (Å²) >= 11 is 0. The summed E-state index contributed by atoms with van der Waals surface area (Å²) in [5.41, 5.74) is 1.43. The number of benzene rings is 1. The lowest BCUT2D eigenvalue weighted by Gasteiger charge is -2.48. The van der Waals surface area contributed by atoms with Gasteiger partial charge in [-0.25, -0.2) is 0 Å². The number of nitrogens with zero attached hydrogens (tertiary/aromatic N) is 2. The van der Waals surface area contributed by atoms with Crippen molar-refractivity contribution in [1.29, 1.82) is 0 Å². The van der Waals surface area contributed by atoms with Gasteiger partial charge in [0, 0.05) is 37.8 Å². The fourth-order valence-corrected chi connectivity index (χ4v) is 4.09. The van der Waals surface area contributed by atoms with Crippen molar-refractivity contribution in [3.63, 3.8) is 0 Å². The lowest BCUT2D eigenvalue weighted by atomic mass is 9.89. The normalized spacial score (nSPS) is 35.8. The molecule has 4 unspecified atom stereocenters. The molecule has 0 bridgehead atoms. The van der Waals surface area contributed by atoms with Crippen molar-refractivity contribution in [3.8, 4) is 0 Å². The summed E-state index contributed by atoms with van der Waals surface area (Å²) in [5.74, 6) is 0.765. The van der Waals surface area contributed by atoms with Crippen LogP contribution in [0.2, 0.25) is 0 Å². The SMILES string of the molecule is CC1CN(C)CCC1N1CC(c2ccccc2)NCC1C. The maximum absolute atomic E-state index is 3.73. The predicted octanol–water partition coefficient (Wildman–Crippen LogP) is 2.36. The van der Waals surface area contributed by atoms with Crippen molar-refractivity contribution in [2.45, 2.75) is 38.4 Å². The van der Waals surface area contributed by atoms with Gasteiger partial charge in [-0.15, -0.1) is 0 Å². The van der Waals surface area contributed by atoms with Gasteiger partial charge in [0.2, 0.25) is 0 Å². The Morgan fingerprint density at radius 1 is 1.10 bits per heavy atom. The van der Waals surface area contributed by atoms with Crippen LogP contribution >= 0.6 is 0 Å². The maximum atomic E-state index is 3.73. The molecule has 2 saturated heterocycles. The van der Waals surface area contributed by atoms with Crippen LogP contribution in [0.4, 0.5) is 0 Å². The second-order valence-electron chi connectivity index (χ2n) is 7.01. The van der Waals surface area contributed by atoms with Gasteiger partial charge in [-0.3, -0.25) is 4.90 Å². The molecule has 3 heteroatoms. The van der Waals surface area contributed by atoms with Crippen molar-refractivity contribution >= 4 is 0 Å². The third kappa shape index (κ3) is 3.31. The molecule has 1 aromatic rings. The Morgan fingerprint density at radius 2 is 1.86 bits per heavy atom. The van der Waals surface area contributed by atoms with Crippen LogP contribution < -0.4 is 5.32 Å². The summed E-state index contributed by atoms with van der Waals surface area (Å²) in [7, 11) is 2.25. The summed E-state index contributed by atoms with van der Waals surface area (Å²) in [6.45, 7) is 9.51. The molecule has 116 valence electrons. The molecule has 2 heterocycles. The van der Waals surface area contributed by atoms with Gasteiger partial charge in [0.15, 0.2) is 0 Å². The third-order valence-electron chi connectivity index (χ3n) is 5.31. The highest BCUT2D eigenvalue weighted by Crippen LogP contribution is 2.28. The van der Waals surface area contributed by atoms with Crippen molar-refractivity contribution in [2.75, 3.05) is 33.2 Å². The topological polar surface area (TPSA) is 18.5 Å². The van der Waals surface area contributed by atoms with E-state index in [0.29, 0.717) is 12.1 Å². The van der Waals surface area contributed by atoms with Gasteiger partial charge in [-0.2, -0.15) is 0 Å². The average Bonchev–Trinajstić information content (AvgIpc) is 2.49. The first-order valence-corrected chi connectivity index (χ1v) is 8.37. The smallest absolute Gasteiger partial charge is 0.0450 e. The predicted molar refractivity (Wildman–Crippen MR) is 88.4 cm³/mol. The minimum atomic E-state index is 0.481. The molecule has 0 radical (unpaired) electrons. The molecule has 1 N–H and O–H groups in total. The molecular formula is C18H29N3. The summed E-state index contributed by atoms with van der Waals surface area (Å²) < 4.78 is 0. The van der Waals surface area contributed by atoms with E-state index in [1.165, 1.54) is 25.1 Å². The molecule has 21 heavy (non-hydrogen) atoms. The Labute approximate surface area is 129 Å². The summed E-state index contributed by atoms with van der Waals surface area (Å²) in [4.78, 5) is 5.24. The van der Waals surface area contributed by atoms with Crippen molar-refractivity contribution in [1.82, 2.24) is 15.1 Å². The van der Waals surface area contributed by atoms with E-state index in [1.807, 2.05) is 0 Å². The number of hydrogen-bond acceptors (Lipinski definition) is 3. The van der Waals surface area contributed by atoms with E-state index in [4.69, 9.17) is 0 Å². The number of piperazine rings is 1. The Hall–Kier alpha value is -0.900. The van der Waals surface area contributed by atoms with E-state index in [2.05, 4.69) is 66.3 Å². The first kappa shape index (κ1) is 15.0. The van der Waals surface area contributed by atoms with Crippen LogP contribution in [-0.4, -0.2) is 55.1 Å². The standard InChI is InChI=1S/C18H29N3/c1-14-12-20(3)10-9-18(14)21-13-17(19-11-15(21)2)16-7-5-4-6-8-16/h4-8,14-15,17-19H,9-13H2,1-3H3. The lowest BCUT2D eigenvalue weighted by molar-refractivity contribution is 0.0231. The first-order valence-electron chi connectivity index (χ1n) is 8.37. The van der Waals surface area contributed by atoms with Crippen LogP contribution in [0.5, 0.6) is 0 Å². The van der Waals surface area contributed by atoms with Crippen molar-refractivity contribution in [3.05, 3.63) is 35.9 Å². The lowest BCUT2D eigenvalue weighted by Crippen LogP contribution is -2.59. The van der Waals surface area contributed by atoms with E-state index in [0.717, 1.165) is 25.0 Å². The molecule has 0 aliphatic carbocycles. The van der Waals surface area contributed by atoms with E-state index in [-0.39, 0.29) is 0 Å². The van der Waals surface area contributed by atoms with Gasteiger partial charge >= 0.3 is 0 Å². The van der Waals surface area contributed by atoms with E-state index >= 15 is 0 Å². The molecule has 2 aliphatic rings.